The molecule has 1 unspecified atom stereocenters. The van der Waals surface area contributed by atoms with E-state index in [2.05, 4.69) is 12.1 Å². The average molecular weight is 470 g/mol. The summed E-state index contributed by atoms with van der Waals surface area (Å²) in [5.41, 5.74) is 7.70. The summed E-state index contributed by atoms with van der Waals surface area (Å²) in [5.74, 6) is 1.61. The highest BCUT2D eigenvalue weighted by Crippen LogP contribution is 2.41. The van der Waals surface area contributed by atoms with Gasteiger partial charge < -0.3 is 24.7 Å². The third-order valence-electron chi connectivity index (χ3n) is 5.81. The molecule has 3 aliphatic heterocycles. The number of thiazole rings is 1. The highest BCUT2D eigenvalue weighted by atomic mass is 32.1. The van der Waals surface area contributed by atoms with Crippen LogP contribution in [0, 0.1) is 22.7 Å². The highest BCUT2D eigenvalue weighted by Gasteiger charge is 2.33. The van der Waals surface area contributed by atoms with Crippen LogP contribution in [0.25, 0.3) is 17.5 Å². The molecule has 10 heteroatoms. The van der Waals surface area contributed by atoms with Crippen molar-refractivity contribution in [2.24, 2.45) is 5.73 Å². The van der Waals surface area contributed by atoms with Crippen molar-refractivity contribution in [2.45, 2.75) is 5.92 Å². The van der Waals surface area contributed by atoms with Gasteiger partial charge in [0.25, 0.3) is 5.56 Å². The molecule has 0 saturated carbocycles. The molecule has 0 spiro atoms. The third-order valence-corrected chi connectivity index (χ3v) is 6.92. The molecule has 0 radical (unpaired) electrons. The zero-order valence-electron chi connectivity index (χ0n) is 17.4. The van der Waals surface area contributed by atoms with Gasteiger partial charge in [0.2, 0.25) is 13.6 Å². The minimum absolute atomic E-state index is 0.00533. The van der Waals surface area contributed by atoms with E-state index in [0.717, 1.165) is 16.9 Å². The summed E-state index contributed by atoms with van der Waals surface area (Å²) in [6, 6.07) is 14.9. The Kier molecular flexibility index (Phi) is 4.37. The summed E-state index contributed by atoms with van der Waals surface area (Å²) in [6.07, 6.45) is 1.70. The van der Waals surface area contributed by atoms with Crippen LogP contribution in [0.4, 0.5) is 0 Å². The van der Waals surface area contributed by atoms with Gasteiger partial charge in [0.05, 0.1) is 33.7 Å². The Labute approximate surface area is 196 Å². The van der Waals surface area contributed by atoms with Gasteiger partial charge >= 0.3 is 0 Å². The Morgan fingerprint density at radius 3 is 2.29 bits per heavy atom. The minimum Gasteiger partial charge on any atom is -0.454 e. The molecule has 1 aromatic heterocycles. The molecular formula is C24H14N4O5S. The second-order valence-corrected chi connectivity index (χ2v) is 8.68. The van der Waals surface area contributed by atoms with Crippen molar-refractivity contribution < 1.29 is 18.9 Å². The van der Waals surface area contributed by atoms with E-state index in [4.69, 9.17) is 24.7 Å². The molecule has 6 rings (SSSR count). The first-order valence-electron chi connectivity index (χ1n) is 10.2. The number of hydrogen-bond donors (Lipinski definition) is 1. The van der Waals surface area contributed by atoms with Crippen LogP contribution in [0.2, 0.25) is 0 Å². The van der Waals surface area contributed by atoms with E-state index in [0.29, 0.717) is 37.8 Å². The van der Waals surface area contributed by atoms with Crippen LogP contribution in [-0.4, -0.2) is 18.2 Å². The van der Waals surface area contributed by atoms with Crippen LogP contribution in [0.15, 0.2) is 46.8 Å². The van der Waals surface area contributed by atoms with Gasteiger partial charge in [-0.3, -0.25) is 9.36 Å². The topological polar surface area (TPSA) is 133 Å². The Bertz CT molecular complexity index is 1690. The van der Waals surface area contributed by atoms with Crippen LogP contribution < -0.4 is 39.4 Å². The number of allylic oxidation sites excluding steroid dienone is 1. The smallest absolute Gasteiger partial charge is 0.274 e. The van der Waals surface area contributed by atoms with E-state index >= 15 is 0 Å². The maximum absolute atomic E-state index is 13.3. The number of aromatic nitrogens is 1. The summed E-state index contributed by atoms with van der Waals surface area (Å²) in [6.45, 7) is 0.250. The maximum Gasteiger partial charge on any atom is 0.274 e. The first kappa shape index (κ1) is 20.0. The van der Waals surface area contributed by atoms with Gasteiger partial charge in [0.1, 0.15) is 10.5 Å². The lowest BCUT2D eigenvalue weighted by Crippen LogP contribution is -2.38. The van der Waals surface area contributed by atoms with Crippen molar-refractivity contribution in [3.8, 4) is 35.1 Å². The zero-order valence-corrected chi connectivity index (χ0v) is 18.2. The normalized spacial score (nSPS) is 18.0. The number of nitriles is 2. The SMILES string of the molecule is N#CC1=C(N)n2c(sc(=Cc3ccc4c(c3)OCO4)c2=O)=C(C#N)C1c1ccc2c(c1)OCO2. The standard InChI is InChI=1S/C24H14N4O5S/c25-8-14-21(13-2-4-17-19(7-13)33-11-31-17)15(9-26)24-28(22(14)27)23(29)20(34-24)6-12-1-3-16-18(5-12)32-10-30-16/h1-7,21H,10-11,27H2. The van der Waals surface area contributed by atoms with Crippen LogP contribution in [-0.2, 0) is 0 Å². The average Bonchev–Trinajstić information content (AvgIpc) is 3.57. The van der Waals surface area contributed by atoms with Crippen molar-refractivity contribution in [1.29, 1.82) is 10.5 Å². The van der Waals surface area contributed by atoms with Crippen LogP contribution in [0.3, 0.4) is 0 Å². The van der Waals surface area contributed by atoms with Gasteiger partial charge in [-0.15, -0.1) is 11.3 Å². The summed E-state index contributed by atoms with van der Waals surface area (Å²) in [5, 5.41) is 20.0. The Balaban J connectivity index is 1.58. The predicted octanol–water partition coefficient (Wildman–Crippen LogP) is 1.32. The number of fused-ring (bicyclic) bond motifs is 3. The van der Waals surface area contributed by atoms with Crippen molar-refractivity contribution in [3.63, 3.8) is 0 Å². The van der Waals surface area contributed by atoms with Gasteiger partial charge in [-0.1, -0.05) is 12.1 Å². The van der Waals surface area contributed by atoms with E-state index in [1.807, 2.05) is 0 Å². The van der Waals surface area contributed by atoms with Crippen LogP contribution >= 0.6 is 11.3 Å². The van der Waals surface area contributed by atoms with Gasteiger partial charge in [-0.2, -0.15) is 10.5 Å². The second kappa shape index (κ2) is 7.44. The Morgan fingerprint density at radius 2 is 1.59 bits per heavy atom. The number of benzene rings is 2. The van der Waals surface area contributed by atoms with Crippen molar-refractivity contribution in [3.05, 3.63) is 72.6 Å². The molecule has 3 aromatic rings. The summed E-state index contributed by atoms with van der Waals surface area (Å²) in [7, 11) is 0. The molecule has 0 bridgehead atoms. The quantitative estimate of drug-likeness (QED) is 0.593. The molecule has 9 nitrogen and oxygen atoms in total. The molecule has 2 aromatic carbocycles. The van der Waals surface area contributed by atoms with E-state index in [9.17, 15) is 15.3 Å². The van der Waals surface area contributed by atoms with Crippen molar-refractivity contribution >= 4 is 28.8 Å². The highest BCUT2D eigenvalue weighted by molar-refractivity contribution is 7.07. The molecule has 4 heterocycles. The molecule has 34 heavy (non-hydrogen) atoms. The number of rotatable bonds is 2. The fourth-order valence-electron chi connectivity index (χ4n) is 4.23. The van der Waals surface area contributed by atoms with Crippen molar-refractivity contribution in [2.75, 3.05) is 13.6 Å². The molecule has 3 aliphatic rings. The third kappa shape index (κ3) is 2.86. The van der Waals surface area contributed by atoms with Crippen LogP contribution in [0.5, 0.6) is 23.0 Å². The van der Waals surface area contributed by atoms with Crippen LogP contribution in [0.1, 0.15) is 17.0 Å². The molecule has 166 valence electrons. The molecule has 2 N–H and O–H groups in total. The number of nitrogens with two attached hydrogens (primary N) is 1. The lowest BCUT2D eigenvalue weighted by molar-refractivity contribution is 0.173. The molecule has 0 aliphatic carbocycles. The molecule has 1 atom stereocenters. The van der Waals surface area contributed by atoms with E-state index in [1.165, 1.54) is 4.57 Å². The lowest BCUT2D eigenvalue weighted by Gasteiger charge is -2.22. The molecule has 0 saturated heterocycles. The minimum atomic E-state index is -0.735. The van der Waals surface area contributed by atoms with Gasteiger partial charge in [0, 0.05) is 0 Å². The Morgan fingerprint density at radius 1 is 0.941 bits per heavy atom. The molecule has 0 amide bonds. The largest absolute Gasteiger partial charge is 0.454 e. The lowest BCUT2D eigenvalue weighted by atomic mass is 9.84. The first-order chi connectivity index (χ1) is 16.6. The zero-order chi connectivity index (χ0) is 23.4. The predicted molar refractivity (Wildman–Crippen MR) is 121 cm³/mol. The first-order valence-corrected chi connectivity index (χ1v) is 11.0. The van der Waals surface area contributed by atoms with E-state index < -0.39 is 11.5 Å². The monoisotopic (exact) mass is 470 g/mol. The second-order valence-electron chi connectivity index (χ2n) is 7.65. The van der Waals surface area contributed by atoms with Crippen molar-refractivity contribution in [1.82, 2.24) is 4.57 Å². The van der Waals surface area contributed by atoms with E-state index in [-0.39, 0.29) is 30.6 Å². The molecular weight excluding hydrogens is 456 g/mol. The maximum atomic E-state index is 13.3. The molecule has 0 fully saturated rings. The number of ether oxygens (including phenoxy) is 4. The van der Waals surface area contributed by atoms with E-state index in [1.54, 1.807) is 42.5 Å². The number of nitrogens with zero attached hydrogens (tertiary/aromatic N) is 3. The number of hydrogen-bond acceptors (Lipinski definition) is 9. The van der Waals surface area contributed by atoms with Gasteiger partial charge in [-0.05, 0) is 41.5 Å². The summed E-state index contributed by atoms with van der Waals surface area (Å²) in [4.78, 5) is 13.3. The van der Waals surface area contributed by atoms with Gasteiger partial charge in [-0.25, -0.2) is 0 Å². The Hall–Kier alpha value is -4.67. The summed E-state index contributed by atoms with van der Waals surface area (Å²) < 4.78 is 23.6. The summed E-state index contributed by atoms with van der Waals surface area (Å²) >= 11 is 1.15. The fourth-order valence-corrected chi connectivity index (χ4v) is 5.36. The van der Waals surface area contributed by atoms with Gasteiger partial charge in [0.15, 0.2) is 23.0 Å². The fraction of sp³-hybridized carbons (Fsp3) is 0.125.